The summed E-state index contributed by atoms with van der Waals surface area (Å²) in [6, 6.07) is 4.67. The van der Waals surface area contributed by atoms with E-state index in [-0.39, 0.29) is 11.9 Å². The summed E-state index contributed by atoms with van der Waals surface area (Å²) in [5.74, 6) is 1.43. The van der Waals surface area contributed by atoms with Crippen molar-refractivity contribution >= 4 is 57.8 Å². The number of thiocarbonyl (C=S) groups is 1. The van der Waals surface area contributed by atoms with E-state index >= 15 is 0 Å². The first-order chi connectivity index (χ1) is 14.0. The third-order valence-corrected chi connectivity index (χ3v) is 5.67. The lowest BCUT2D eigenvalue weighted by molar-refractivity contribution is -0.117. The van der Waals surface area contributed by atoms with E-state index in [1.807, 2.05) is 0 Å². The third kappa shape index (κ3) is 3.51. The van der Waals surface area contributed by atoms with Gasteiger partial charge in [0.05, 0.1) is 26.2 Å². The Morgan fingerprint density at radius 3 is 2.83 bits per heavy atom. The van der Waals surface area contributed by atoms with E-state index in [0.29, 0.717) is 44.2 Å². The van der Waals surface area contributed by atoms with Gasteiger partial charge in [0, 0.05) is 11.8 Å². The number of nitrogens with zero attached hydrogens (tertiary/aromatic N) is 4. The normalized spacial score (nSPS) is 16.3. The maximum atomic E-state index is 13.0. The Balaban J connectivity index is 1.53. The van der Waals surface area contributed by atoms with Gasteiger partial charge in [-0.05, 0) is 24.4 Å². The number of carbonyl (C=O) groups excluding carboxylic acids is 1. The number of amides is 1. The molecule has 4 rings (SSSR count). The van der Waals surface area contributed by atoms with Gasteiger partial charge in [-0.2, -0.15) is 4.98 Å². The number of rotatable bonds is 6. The van der Waals surface area contributed by atoms with Crippen LogP contribution < -0.4 is 25.4 Å². The zero-order chi connectivity index (χ0) is 20.5. The van der Waals surface area contributed by atoms with E-state index in [9.17, 15) is 4.79 Å². The number of anilines is 2. The molecule has 4 N–H and O–H groups in total. The molecule has 1 aliphatic rings. The van der Waals surface area contributed by atoms with Crippen molar-refractivity contribution in [3.05, 3.63) is 24.5 Å². The van der Waals surface area contributed by atoms with Crippen LogP contribution in [0, 0.1) is 0 Å². The highest BCUT2D eigenvalue weighted by Crippen LogP contribution is 2.33. The van der Waals surface area contributed by atoms with Crippen LogP contribution >= 0.6 is 24.0 Å². The van der Waals surface area contributed by atoms with Gasteiger partial charge < -0.3 is 25.5 Å². The topological polar surface area (TPSA) is 131 Å². The van der Waals surface area contributed by atoms with Crippen LogP contribution in [0.2, 0.25) is 0 Å². The Morgan fingerprint density at radius 1 is 1.28 bits per heavy atom. The van der Waals surface area contributed by atoms with Gasteiger partial charge in [-0.1, -0.05) is 0 Å². The summed E-state index contributed by atoms with van der Waals surface area (Å²) in [6.45, 7) is 0. The van der Waals surface area contributed by atoms with Gasteiger partial charge >= 0.3 is 0 Å². The van der Waals surface area contributed by atoms with Gasteiger partial charge in [0.1, 0.15) is 16.6 Å². The second kappa shape index (κ2) is 7.72. The fraction of sp³-hybridized carbons (Fsp3) is 0.235. The highest BCUT2D eigenvalue weighted by Gasteiger charge is 2.37. The molecule has 12 heteroatoms. The molecule has 0 aliphatic carbocycles. The SMILES string of the molecule is COc1ccc(N2C(=O)[C@@H](CSc3nc(N)nc4nc[nH]c34)NC2=S)cc1OC. The number of benzene rings is 1. The molecule has 29 heavy (non-hydrogen) atoms. The van der Waals surface area contributed by atoms with Crippen molar-refractivity contribution in [1.29, 1.82) is 0 Å². The van der Waals surface area contributed by atoms with E-state index < -0.39 is 6.04 Å². The fourth-order valence-electron chi connectivity index (χ4n) is 2.94. The maximum absolute atomic E-state index is 13.0. The van der Waals surface area contributed by atoms with Crippen molar-refractivity contribution < 1.29 is 14.3 Å². The summed E-state index contributed by atoms with van der Waals surface area (Å²) < 4.78 is 10.6. The number of nitrogens with two attached hydrogens (primary N) is 1. The van der Waals surface area contributed by atoms with E-state index in [2.05, 4.69) is 25.3 Å². The van der Waals surface area contributed by atoms with Crippen molar-refractivity contribution in [3.63, 3.8) is 0 Å². The summed E-state index contributed by atoms with van der Waals surface area (Å²) >= 11 is 6.75. The number of methoxy groups -OCH3 is 2. The molecule has 3 aromatic rings. The lowest BCUT2D eigenvalue weighted by Crippen LogP contribution is -2.32. The van der Waals surface area contributed by atoms with Crippen LogP contribution in [-0.4, -0.2) is 57.0 Å². The third-order valence-electron chi connectivity index (χ3n) is 4.30. The summed E-state index contributed by atoms with van der Waals surface area (Å²) in [5.41, 5.74) is 7.49. The van der Waals surface area contributed by atoms with Gasteiger partial charge in [-0.15, -0.1) is 11.8 Å². The Kier molecular flexibility index (Phi) is 5.11. The molecule has 150 valence electrons. The van der Waals surface area contributed by atoms with Gasteiger partial charge in [0.2, 0.25) is 5.95 Å². The number of hydrogen-bond donors (Lipinski definition) is 3. The monoisotopic (exact) mass is 431 g/mol. The Morgan fingerprint density at radius 2 is 2.07 bits per heavy atom. The van der Waals surface area contributed by atoms with Crippen LogP contribution in [0.5, 0.6) is 11.5 Å². The molecule has 1 aliphatic heterocycles. The largest absolute Gasteiger partial charge is 0.493 e. The molecule has 0 unspecified atom stereocenters. The predicted octanol–water partition coefficient (Wildman–Crippen LogP) is 1.33. The first-order valence-corrected chi connectivity index (χ1v) is 9.87. The van der Waals surface area contributed by atoms with Crippen LogP contribution in [0.1, 0.15) is 0 Å². The highest BCUT2D eigenvalue weighted by molar-refractivity contribution is 7.99. The van der Waals surface area contributed by atoms with Crippen LogP contribution in [-0.2, 0) is 4.79 Å². The average Bonchev–Trinajstić information content (AvgIpc) is 3.29. The molecular weight excluding hydrogens is 414 g/mol. The zero-order valence-corrected chi connectivity index (χ0v) is 17.1. The molecule has 1 atom stereocenters. The average molecular weight is 432 g/mol. The fourth-order valence-corrected chi connectivity index (χ4v) is 4.28. The van der Waals surface area contributed by atoms with Crippen molar-refractivity contribution in [3.8, 4) is 11.5 Å². The van der Waals surface area contributed by atoms with Crippen LogP contribution in [0.15, 0.2) is 29.6 Å². The van der Waals surface area contributed by atoms with Crippen molar-refractivity contribution in [1.82, 2.24) is 25.3 Å². The standard InChI is InChI=1S/C17H17N7O3S2/c1-26-10-4-3-8(5-11(10)27-2)24-15(25)9(21-17(24)28)6-29-14-12-13(20-7-19-12)22-16(18)23-14/h3-5,7,9H,6H2,1-2H3,(H,21,28)(H3,18,19,20,22,23)/t9-/m1/s1. The lowest BCUT2D eigenvalue weighted by Gasteiger charge is -2.17. The summed E-state index contributed by atoms with van der Waals surface area (Å²) in [6.07, 6.45) is 1.52. The van der Waals surface area contributed by atoms with E-state index in [4.69, 9.17) is 27.4 Å². The number of hydrogen-bond acceptors (Lipinski definition) is 9. The Bertz CT molecular complexity index is 1100. The zero-order valence-electron chi connectivity index (χ0n) is 15.5. The quantitative estimate of drug-likeness (QED) is 0.298. The molecule has 2 aromatic heterocycles. The van der Waals surface area contributed by atoms with Gasteiger partial charge in [0.15, 0.2) is 22.3 Å². The molecule has 1 saturated heterocycles. The molecule has 1 fully saturated rings. The molecule has 3 heterocycles. The molecule has 10 nitrogen and oxygen atoms in total. The van der Waals surface area contributed by atoms with Crippen molar-refractivity contribution in [2.24, 2.45) is 0 Å². The number of carbonyl (C=O) groups is 1. The number of fused-ring (bicyclic) bond motifs is 1. The first-order valence-electron chi connectivity index (χ1n) is 8.47. The minimum Gasteiger partial charge on any atom is -0.493 e. The summed E-state index contributed by atoms with van der Waals surface area (Å²) in [7, 11) is 3.08. The highest BCUT2D eigenvalue weighted by atomic mass is 32.2. The molecule has 1 amide bonds. The van der Waals surface area contributed by atoms with E-state index in [1.54, 1.807) is 25.3 Å². The minimum absolute atomic E-state index is 0.125. The first kappa shape index (κ1) is 19.2. The number of aromatic amines is 1. The summed E-state index contributed by atoms with van der Waals surface area (Å²) in [5, 5.41) is 4.00. The molecule has 1 aromatic carbocycles. The molecular formula is C17H17N7O3S2. The van der Waals surface area contributed by atoms with E-state index in [0.717, 1.165) is 0 Å². The maximum Gasteiger partial charge on any atom is 0.256 e. The second-order valence-electron chi connectivity index (χ2n) is 6.01. The smallest absolute Gasteiger partial charge is 0.256 e. The second-order valence-corrected chi connectivity index (χ2v) is 7.41. The van der Waals surface area contributed by atoms with Crippen molar-refractivity contribution in [2.45, 2.75) is 11.1 Å². The number of nitrogens with one attached hydrogen (secondary N) is 2. The Hall–Kier alpha value is -3.12. The van der Waals surface area contributed by atoms with Gasteiger partial charge in [0.25, 0.3) is 5.91 Å². The number of imidazole rings is 1. The number of H-pyrrole nitrogens is 1. The Labute approximate surface area is 175 Å². The van der Waals surface area contributed by atoms with Crippen LogP contribution in [0.3, 0.4) is 0 Å². The summed E-state index contributed by atoms with van der Waals surface area (Å²) in [4.78, 5) is 29.8. The molecule has 0 bridgehead atoms. The van der Waals surface area contributed by atoms with Crippen molar-refractivity contribution in [2.75, 3.05) is 30.6 Å². The number of nitrogen functional groups attached to an aromatic ring is 1. The van der Waals surface area contributed by atoms with Crippen LogP contribution in [0.25, 0.3) is 11.2 Å². The lowest BCUT2D eigenvalue weighted by atomic mass is 10.2. The molecule has 0 saturated carbocycles. The van der Waals surface area contributed by atoms with Gasteiger partial charge in [-0.25, -0.2) is 9.97 Å². The number of thioether (sulfide) groups is 1. The minimum atomic E-state index is -0.519. The molecule has 0 radical (unpaired) electrons. The number of aromatic nitrogens is 4. The van der Waals surface area contributed by atoms with Gasteiger partial charge in [-0.3, -0.25) is 9.69 Å². The van der Waals surface area contributed by atoms with E-state index in [1.165, 1.54) is 30.1 Å². The predicted molar refractivity (Wildman–Crippen MR) is 113 cm³/mol. The molecule has 0 spiro atoms. The van der Waals surface area contributed by atoms with Crippen LogP contribution in [0.4, 0.5) is 11.6 Å². The number of ether oxygens (including phenoxy) is 2.